The van der Waals surface area contributed by atoms with Crippen LogP contribution in [-0.4, -0.2) is 42.0 Å². The second-order valence-corrected chi connectivity index (χ2v) is 10.1. The van der Waals surface area contributed by atoms with Gasteiger partial charge in [-0.1, -0.05) is 44.9 Å². The molecule has 0 saturated heterocycles. The number of nitrogens with one attached hydrogen (secondary N) is 1. The highest BCUT2D eigenvalue weighted by Gasteiger charge is 2.56. The van der Waals surface area contributed by atoms with E-state index in [0.717, 1.165) is 49.1 Å². The lowest BCUT2D eigenvalue weighted by molar-refractivity contribution is -0.274. The SMILES string of the molecule is CCC1(CC)CCC2C1C(C(C)NCC(=O)O)c1ccccc1N2C(=O)c1ccc(OC(F)(F)F)cc1. The number of carbonyl (C=O) groups excluding carboxylic acids is 1. The highest BCUT2D eigenvalue weighted by atomic mass is 19.4. The number of aliphatic carboxylic acids is 1. The van der Waals surface area contributed by atoms with Gasteiger partial charge < -0.3 is 20.1 Å². The van der Waals surface area contributed by atoms with Crippen LogP contribution in [0.3, 0.4) is 0 Å². The van der Waals surface area contributed by atoms with Crippen molar-refractivity contribution in [2.75, 3.05) is 11.4 Å². The maximum atomic E-state index is 14.0. The lowest BCUT2D eigenvalue weighted by Crippen LogP contribution is -2.54. The summed E-state index contributed by atoms with van der Waals surface area (Å²) in [5, 5.41) is 12.5. The molecule has 1 fully saturated rings. The second-order valence-electron chi connectivity index (χ2n) is 10.1. The molecular weight excluding hydrogens is 485 g/mol. The van der Waals surface area contributed by atoms with Gasteiger partial charge >= 0.3 is 12.3 Å². The molecular formula is C28H33F3N2O4. The molecule has 4 rings (SSSR count). The molecule has 2 aromatic carbocycles. The first-order chi connectivity index (χ1) is 17.5. The minimum Gasteiger partial charge on any atom is -0.480 e. The van der Waals surface area contributed by atoms with Crippen LogP contribution >= 0.6 is 0 Å². The number of alkyl halides is 3. The number of fused-ring (bicyclic) bond motifs is 2. The van der Waals surface area contributed by atoms with E-state index in [4.69, 9.17) is 0 Å². The summed E-state index contributed by atoms with van der Waals surface area (Å²) in [6.45, 7) is 6.19. The number of hydrogen-bond donors (Lipinski definition) is 2. The largest absolute Gasteiger partial charge is 0.573 e. The van der Waals surface area contributed by atoms with Gasteiger partial charge in [0.15, 0.2) is 0 Å². The lowest BCUT2D eigenvalue weighted by atomic mass is 9.62. The van der Waals surface area contributed by atoms with Crippen molar-refractivity contribution in [3.05, 3.63) is 59.7 Å². The van der Waals surface area contributed by atoms with Gasteiger partial charge in [-0.2, -0.15) is 0 Å². The summed E-state index contributed by atoms with van der Waals surface area (Å²) in [6.07, 6.45) is -1.21. The molecule has 4 atom stereocenters. The van der Waals surface area contributed by atoms with E-state index in [9.17, 15) is 27.9 Å². The van der Waals surface area contributed by atoms with E-state index in [1.54, 1.807) is 0 Å². The summed E-state index contributed by atoms with van der Waals surface area (Å²) in [4.78, 5) is 27.1. The van der Waals surface area contributed by atoms with Crippen LogP contribution in [0.25, 0.3) is 0 Å². The van der Waals surface area contributed by atoms with Crippen molar-refractivity contribution in [2.24, 2.45) is 11.3 Å². The normalized spacial score (nSPS) is 23.2. The number of benzene rings is 2. The third-order valence-corrected chi connectivity index (χ3v) is 8.41. The Kier molecular flexibility index (Phi) is 7.55. The summed E-state index contributed by atoms with van der Waals surface area (Å²) in [5.74, 6) is -1.49. The van der Waals surface area contributed by atoms with Crippen molar-refractivity contribution >= 4 is 17.6 Å². The second kappa shape index (κ2) is 10.4. The van der Waals surface area contributed by atoms with Crippen LogP contribution < -0.4 is 15.0 Å². The molecule has 200 valence electrons. The molecule has 1 aliphatic heterocycles. The maximum Gasteiger partial charge on any atom is 0.573 e. The first-order valence-electron chi connectivity index (χ1n) is 12.7. The topological polar surface area (TPSA) is 78.9 Å². The number of para-hydroxylation sites is 1. The minimum atomic E-state index is -4.81. The van der Waals surface area contributed by atoms with Gasteiger partial charge in [-0.05, 0) is 67.0 Å². The van der Waals surface area contributed by atoms with E-state index >= 15 is 0 Å². The molecule has 6 nitrogen and oxygen atoms in total. The highest BCUT2D eigenvalue weighted by Crippen LogP contribution is 2.60. The molecule has 1 aliphatic carbocycles. The molecule has 1 heterocycles. The number of hydrogen-bond acceptors (Lipinski definition) is 4. The van der Waals surface area contributed by atoms with Crippen molar-refractivity contribution in [1.82, 2.24) is 5.32 Å². The highest BCUT2D eigenvalue weighted by molar-refractivity contribution is 6.07. The molecule has 1 amide bonds. The fourth-order valence-corrected chi connectivity index (χ4v) is 6.69. The number of anilines is 1. The molecule has 0 bridgehead atoms. The van der Waals surface area contributed by atoms with E-state index in [-0.39, 0.29) is 53.1 Å². The summed E-state index contributed by atoms with van der Waals surface area (Å²) < 4.78 is 41.8. The number of nitrogens with zero attached hydrogens (tertiary/aromatic N) is 1. The van der Waals surface area contributed by atoms with E-state index in [2.05, 4.69) is 23.9 Å². The quantitative estimate of drug-likeness (QED) is 0.450. The van der Waals surface area contributed by atoms with Crippen molar-refractivity contribution in [2.45, 2.75) is 70.8 Å². The van der Waals surface area contributed by atoms with Gasteiger partial charge in [0.2, 0.25) is 0 Å². The Labute approximate surface area is 214 Å². The Morgan fingerprint density at radius 1 is 1.14 bits per heavy atom. The van der Waals surface area contributed by atoms with Crippen LogP contribution in [-0.2, 0) is 4.79 Å². The zero-order chi connectivity index (χ0) is 27.0. The van der Waals surface area contributed by atoms with Crippen LogP contribution in [0.4, 0.5) is 18.9 Å². The van der Waals surface area contributed by atoms with E-state index in [1.165, 1.54) is 12.1 Å². The minimum absolute atomic E-state index is 0.00504. The fraction of sp³-hybridized carbons (Fsp3) is 0.500. The Hall–Kier alpha value is -3.07. The first-order valence-corrected chi connectivity index (χ1v) is 12.7. The molecule has 0 aromatic heterocycles. The average Bonchev–Trinajstić information content (AvgIpc) is 3.24. The lowest BCUT2D eigenvalue weighted by Gasteiger charge is -2.51. The molecule has 2 N–H and O–H groups in total. The van der Waals surface area contributed by atoms with Crippen LogP contribution in [0.15, 0.2) is 48.5 Å². The average molecular weight is 519 g/mol. The standard InChI is InChI=1S/C28H33F3N2O4/c1-4-27(5-2)15-14-22-25(27)24(17(3)32-16-23(34)35)20-8-6-7-9-21(20)33(22)26(36)18-10-12-19(13-11-18)37-28(29,30)31/h6-13,17,22,24-25,32H,4-5,14-16H2,1-3H3,(H,34,35). The summed E-state index contributed by atoms with van der Waals surface area (Å²) in [7, 11) is 0. The summed E-state index contributed by atoms with van der Waals surface area (Å²) >= 11 is 0. The van der Waals surface area contributed by atoms with E-state index in [1.807, 2.05) is 36.1 Å². The van der Waals surface area contributed by atoms with Crippen molar-refractivity contribution in [3.8, 4) is 5.75 Å². The van der Waals surface area contributed by atoms with Gasteiger partial charge in [-0.25, -0.2) is 0 Å². The first kappa shape index (κ1) is 27.0. The molecule has 4 unspecified atom stereocenters. The van der Waals surface area contributed by atoms with E-state index < -0.39 is 12.3 Å². The van der Waals surface area contributed by atoms with Crippen molar-refractivity contribution < 1.29 is 32.6 Å². The predicted molar refractivity (Wildman–Crippen MR) is 134 cm³/mol. The predicted octanol–water partition coefficient (Wildman–Crippen LogP) is 5.98. The van der Waals surface area contributed by atoms with Crippen molar-refractivity contribution in [3.63, 3.8) is 0 Å². The number of rotatable bonds is 8. The van der Waals surface area contributed by atoms with Crippen LogP contribution in [0.5, 0.6) is 5.75 Å². The van der Waals surface area contributed by atoms with Gasteiger partial charge in [-0.3, -0.25) is 9.59 Å². The maximum absolute atomic E-state index is 14.0. The van der Waals surface area contributed by atoms with Gasteiger partial charge in [0, 0.05) is 29.3 Å². The number of carboxylic acid groups (broad SMARTS) is 1. The zero-order valence-corrected chi connectivity index (χ0v) is 21.2. The molecule has 9 heteroatoms. The molecule has 0 spiro atoms. The monoisotopic (exact) mass is 518 g/mol. The van der Waals surface area contributed by atoms with Crippen LogP contribution in [0.1, 0.15) is 68.3 Å². The Morgan fingerprint density at radius 2 is 1.78 bits per heavy atom. The number of carboxylic acids is 1. The Bertz CT molecular complexity index is 1130. The third kappa shape index (κ3) is 5.19. The van der Waals surface area contributed by atoms with E-state index in [0.29, 0.717) is 0 Å². The number of ether oxygens (including phenoxy) is 1. The fourth-order valence-electron chi connectivity index (χ4n) is 6.69. The third-order valence-electron chi connectivity index (χ3n) is 8.41. The molecule has 2 aromatic rings. The smallest absolute Gasteiger partial charge is 0.480 e. The van der Waals surface area contributed by atoms with Gasteiger partial charge in [-0.15, -0.1) is 13.2 Å². The van der Waals surface area contributed by atoms with Gasteiger partial charge in [0.05, 0.1) is 6.54 Å². The molecule has 0 radical (unpaired) electrons. The van der Waals surface area contributed by atoms with Crippen molar-refractivity contribution in [1.29, 1.82) is 0 Å². The molecule has 37 heavy (non-hydrogen) atoms. The van der Waals surface area contributed by atoms with Gasteiger partial charge in [0.25, 0.3) is 5.91 Å². The Morgan fingerprint density at radius 3 is 2.38 bits per heavy atom. The zero-order valence-electron chi connectivity index (χ0n) is 21.2. The summed E-state index contributed by atoms with van der Waals surface area (Å²) in [6, 6.07) is 12.5. The number of amides is 1. The van der Waals surface area contributed by atoms with Crippen LogP contribution in [0.2, 0.25) is 0 Å². The number of halogens is 3. The Balaban J connectivity index is 1.77. The number of carbonyl (C=O) groups is 2. The summed E-state index contributed by atoms with van der Waals surface area (Å²) in [5.41, 5.74) is 2.00. The molecule has 1 saturated carbocycles. The van der Waals surface area contributed by atoms with Gasteiger partial charge in [0.1, 0.15) is 5.75 Å². The van der Waals surface area contributed by atoms with Crippen LogP contribution in [0, 0.1) is 11.3 Å². The molecule has 2 aliphatic rings.